The zero-order valence-corrected chi connectivity index (χ0v) is 15.2. The minimum atomic E-state index is 0.299. The van der Waals surface area contributed by atoms with E-state index in [1.807, 2.05) is 6.07 Å². The largest absolute Gasteiger partial charge is 0.508 e. The first-order valence-electron chi connectivity index (χ1n) is 9.14. The summed E-state index contributed by atoms with van der Waals surface area (Å²) in [6, 6.07) is 6.55. The third-order valence-corrected chi connectivity index (χ3v) is 5.19. The van der Waals surface area contributed by atoms with Crippen LogP contribution in [0.5, 0.6) is 5.75 Å². The van der Waals surface area contributed by atoms with Crippen molar-refractivity contribution in [2.24, 2.45) is 5.92 Å². The molecule has 2 rings (SSSR count). The van der Waals surface area contributed by atoms with Gasteiger partial charge in [-0.1, -0.05) is 26.3 Å². The van der Waals surface area contributed by atoms with Crippen LogP contribution in [0.3, 0.4) is 0 Å². The number of piperazine rings is 1. The molecule has 1 aliphatic heterocycles. The van der Waals surface area contributed by atoms with E-state index < -0.39 is 0 Å². The van der Waals surface area contributed by atoms with Gasteiger partial charge in [0.15, 0.2) is 0 Å². The molecule has 4 heteroatoms. The number of anilines is 1. The molecule has 0 amide bonds. The van der Waals surface area contributed by atoms with Gasteiger partial charge in [0.2, 0.25) is 0 Å². The fourth-order valence-corrected chi connectivity index (χ4v) is 3.61. The summed E-state index contributed by atoms with van der Waals surface area (Å²) < 4.78 is 0. The number of aromatic hydroxyl groups is 1. The molecule has 130 valence electrons. The molecule has 1 unspecified atom stereocenters. The van der Waals surface area contributed by atoms with Gasteiger partial charge in [-0.3, -0.25) is 4.90 Å². The summed E-state index contributed by atoms with van der Waals surface area (Å²) in [6.07, 6.45) is 1.12. The third-order valence-electron chi connectivity index (χ3n) is 5.19. The van der Waals surface area contributed by atoms with Crippen LogP contribution in [-0.2, 0) is 0 Å². The van der Waals surface area contributed by atoms with Crippen LogP contribution in [0.2, 0.25) is 0 Å². The molecule has 0 radical (unpaired) electrons. The summed E-state index contributed by atoms with van der Waals surface area (Å²) in [7, 11) is 0. The average molecular weight is 319 g/mol. The van der Waals surface area contributed by atoms with Crippen LogP contribution in [0.4, 0.5) is 5.69 Å². The van der Waals surface area contributed by atoms with Gasteiger partial charge in [-0.05, 0) is 25.8 Å². The van der Waals surface area contributed by atoms with Crippen LogP contribution in [0, 0.1) is 5.92 Å². The number of benzene rings is 1. The number of rotatable bonds is 7. The number of phenolic OH excluding ortho intramolecular Hbond substituents is 1. The number of hydrogen-bond donors (Lipinski definition) is 2. The first-order valence-corrected chi connectivity index (χ1v) is 9.14. The molecule has 2 N–H and O–H groups in total. The van der Waals surface area contributed by atoms with Gasteiger partial charge in [-0.15, -0.1) is 0 Å². The maximum Gasteiger partial charge on any atom is 0.122 e. The molecule has 1 heterocycles. The minimum Gasteiger partial charge on any atom is -0.508 e. The van der Waals surface area contributed by atoms with Crippen molar-refractivity contribution in [3.63, 3.8) is 0 Å². The van der Waals surface area contributed by atoms with Gasteiger partial charge in [0, 0.05) is 62.6 Å². The number of phenols is 1. The number of nitrogens with zero attached hydrogens (tertiary/aromatic N) is 2. The Morgan fingerprint density at radius 3 is 2.35 bits per heavy atom. The van der Waals surface area contributed by atoms with E-state index in [0.717, 1.165) is 56.9 Å². The zero-order chi connectivity index (χ0) is 16.8. The fraction of sp³-hybridized carbons (Fsp3) is 0.684. The predicted molar refractivity (Wildman–Crippen MR) is 98.3 cm³/mol. The molecule has 4 nitrogen and oxygen atoms in total. The Balaban J connectivity index is 2.30. The highest BCUT2D eigenvalue weighted by Crippen LogP contribution is 2.37. The number of hydrogen-bond acceptors (Lipinski definition) is 4. The Bertz CT molecular complexity index is 482. The van der Waals surface area contributed by atoms with E-state index >= 15 is 0 Å². The lowest BCUT2D eigenvalue weighted by atomic mass is 9.89. The lowest BCUT2D eigenvalue weighted by molar-refractivity contribution is 0.126. The highest BCUT2D eigenvalue weighted by Gasteiger charge is 2.28. The second kappa shape index (κ2) is 8.55. The monoisotopic (exact) mass is 319 g/mol. The Morgan fingerprint density at radius 2 is 1.83 bits per heavy atom. The average Bonchev–Trinajstić information content (AvgIpc) is 2.58. The van der Waals surface area contributed by atoms with Crippen molar-refractivity contribution in [2.45, 2.75) is 40.2 Å². The van der Waals surface area contributed by atoms with Crippen molar-refractivity contribution in [1.29, 1.82) is 0 Å². The molecule has 2 atom stereocenters. The van der Waals surface area contributed by atoms with Crippen molar-refractivity contribution >= 4 is 5.69 Å². The van der Waals surface area contributed by atoms with E-state index in [-0.39, 0.29) is 0 Å². The van der Waals surface area contributed by atoms with Crippen LogP contribution in [0.1, 0.15) is 45.7 Å². The summed E-state index contributed by atoms with van der Waals surface area (Å²) in [5.74, 6) is 0.969. The van der Waals surface area contributed by atoms with Crippen molar-refractivity contribution < 1.29 is 5.11 Å². The summed E-state index contributed by atoms with van der Waals surface area (Å²) in [6.45, 7) is 14.9. The summed E-state index contributed by atoms with van der Waals surface area (Å²) in [4.78, 5) is 4.80. The minimum absolute atomic E-state index is 0.299. The van der Waals surface area contributed by atoms with E-state index in [2.05, 4.69) is 54.9 Å². The Morgan fingerprint density at radius 1 is 1.17 bits per heavy atom. The topological polar surface area (TPSA) is 38.7 Å². The first-order chi connectivity index (χ1) is 11.1. The predicted octanol–water partition coefficient (Wildman–Crippen LogP) is 3.23. The molecule has 1 aliphatic rings. The molecular formula is C19H33N3O. The van der Waals surface area contributed by atoms with Gasteiger partial charge in [0.1, 0.15) is 5.75 Å². The van der Waals surface area contributed by atoms with Crippen LogP contribution in [0.25, 0.3) is 0 Å². The van der Waals surface area contributed by atoms with Crippen LogP contribution < -0.4 is 10.2 Å². The van der Waals surface area contributed by atoms with Crippen molar-refractivity contribution in [3.05, 3.63) is 23.8 Å². The zero-order valence-electron chi connectivity index (χ0n) is 15.2. The molecule has 1 fully saturated rings. The van der Waals surface area contributed by atoms with Gasteiger partial charge in [-0.25, -0.2) is 0 Å². The van der Waals surface area contributed by atoms with Gasteiger partial charge in [0.25, 0.3) is 0 Å². The lowest BCUT2D eigenvalue weighted by Crippen LogP contribution is -2.46. The van der Waals surface area contributed by atoms with Crippen molar-refractivity contribution in [2.75, 3.05) is 44.2 Å². The fourth-order valence-electron chi connectivity index (χ4n) is 3.61. The molecule has 0 bridgehead atoms. The molecule has 23 heavy (non-hydrogen) atoms. The quantitative estimate of drug-likeness (QED) is 0.809. The molecule has 1 aromatic rings. The lowest BCUT2D eigenvalue weighted by Gasteiger charge is -2.39. The molecule has 1 aromatic carbocycles. The Labute approximate surface area is 141 Å². The van der Waals surface area contributed by atoms with Crippen molar-refractivity contribution in [3.8, 4) is 5.75 Å². The highest BCUT2D eigenvalue weighted by atomic mass is 16.3. The Hall–Kier alpha value is -1.26. The van der Waals surface area contributed by atoms with Gasteiger partial charge >= 0.3 is 0 Å². The molecule has 0 saturated carbocycles. The Kier molecular flexibility index (Phi) is 6.72. The molecule has 0 aliphatic carbocycles. The van der Waals surface area contributed by atoms with Gasteiger partial charge in [0.05, 0.1) is 0 Å². The maximum atomic E-state index is 10.7. The van der Waals surface area contributed by atoms with Crippen molar-refractivity contribution in [1.82, 2.24) is 10.2 Å². The standard InChI is InChI=1S/C19H33N3O/c1-5-15(4)19(22-12-10-20-11-13-22)17-9-8-16(14-18(17)23)21(6-2)7-3/h8-9,14-15,19-20,23H,5-7,10-13H2,1-4H3/t15?,19-/m1/s1. The third kappa shape index (κ3) is 4.18. The van der Waals surface area contributed by atoms with Crippen LogP contribution in [-0.4, -0.2) is 49.3 Å². The molecule has 1 saturated heterocycles. The first kappa shape index (κ1) is 18.1. The van der Waals surface area contributed by atoms with Crippen LogP contribution in [0.15, 0.2) is 18.2 Å². The van der Waals surface area contributed by atoms with E-state index in [1.54, 1.807) is 0 Å². The summed E-state index contributed by atoms with van der Waals surface area (Å²) in [5, 5.41) is 14.1. The molecule has 0 spiro atoms. The summed E-state index contributed by atoms with van der Waals surface area (Å²) >= 11 is 0. The highest BCUT2D eigenvalue weighted by molar-refractivity contribution is 5.54. The van der Waals surface area contributed by atoms with Gasteiger partial charge < -0.3 is 15.3 Å². The van der Waals surface area contributed by atoms with Gasteiger partial charge in [-0.2, -0.15) is 0 Å². The molecular weight excluding hydrogens is 286 g/mol. The normalized spacial score (nSPS) is 18.6. The van der Waals surface area contributed by atoms with E-state index in [9.17, 15) is 5.11 Å². The SMILES string of the molecule is CCC(C)[C@H](c1ccc(N(CC)CC)cc1O)N1CCNCC1. The molecule has 0 aromatic heterocycles. The maximum absolute atomic E-state index is 10.7. The second-order valence-corrected chi connectivity index (χ2v) is 6.53. The summed E-state index contributed by atoms with van der Waals surface area (Å²) in [5.41, 5.74) is 2.19. The van der Waals surface area contributed by atoms with E-state index in [4.69, 9.17) is 0 Å². The second-order valence-electron chi connectivity index (χ2n) is 6.53. The van der Waals surface area contributed by atoms with E-state index in [1.165, 1.54) is 0 Å². The van der Waals surface area contributed by atoms with E-state index in [0.29, 0.717) is 17.7 Å². The number of nitrogens with one attached hydrogen (secondary N) is 1. The van der Waals surface area contributed by atoms with Crippen LogP contribution >= 0.6 is 0 Å². The smallest absolute Gasteiger partial charge is 0.122 e.